The van der Waals surface area contributed by atoms with Crippen LogP contribution in [0.2, 0.25) is 0 Å². The summed E-state index contributed by atoms with van der Waals surface area (Å²) in [6.07, 6.45) is 36.9. The first-order valence-corrected chi connectivity index (χ1v) is 21.7. The van der Waals surface area contributed by atoms with Crippen molar-refractivity contribution in [3.63, 3.8) is 0 Å². The second kappa shape index (κ2) is 40.4. The summed E-state index contributed by atoms with van der Waals surface area (Å²) in [6, 6.07) is 0.0391. The number of rotatable bonds is 41. The van der Waals surface area contributed by atoms with Crippen LogP contribution < -0.4 is 32.7 Å². The molecule has 0 aliphatic rings. The van der Waals surface area contributed by atoms with E-state index in [0.717, 1.165) is 58.2 Å². The highest BCUT2D eigenvalue weighted by Crippen LogP contribution is 2.16. The Morgan fingerprint density at radius 2 is 0.900 bits per heavy atom. The van der Waals surface area contributed by atoms with E-state index in [-0.39, 0.29) is 11.9 Å². The molecule has 0 aliphatic carbocycles. The van der Waals surface area contributed by atoms with Gasteiger partial charge in [0.15, 0.2) is 0 Å². The number of carbonyl (C=O) groups is 2. The van der Waals surface area contributed by atoms with Gasteiger partial charge in [-0.2, -0.15) is 0 Å². The average Bonchev–Trinajstić information content (AvgIpc) is 3.09. The molecule has 9 N–H and O–H groups in total. The average molecular weight is 711 g/mol. The first-order valence-electron chi connectivity index (χ1n) is 21.7. The minimum Gasteiger partial charge on any atom is -0.465 e. The van der Waals surface area contributed by atoms with Crippen molar-refractivity contribution in [2.75, 3.05) is 32.7 Å². The molecule has 298 valence electrons. The summed E-state index contributed by atoms with van der Waals surface area (Å²) < 4.78 is 0. The summed E-state index contributed by atoms with van der Waals surface area (Å²) >= 11 is 0. The monoisotopic (exact) mass is 711 g/mol. The van der Waals surface area contributed by atoms with Crippen LogP contribution in [-0.2, 0) is 4.79 Å². The second-order valence-electron chi connectivity index (χ2n) is 14.9. The maximum Gasteiger partial charge on any atom is 0.406 e. The van der Waals surface area contributed by atoms with Crippen molar-refractivity contribution < 1.29 is 14.7 Å². The van der Waals surface area contributed by atoms with Crippen LogP contribution in [-0.4, -0.2) is 62.0 Å². The smallest absolute Gasteiger partial charge is 0.406 e. The van der Waals surface area contributed by atoms with Gasteiger partial charge in [0, 0.05) is 12.5 Å². The summed E-state index contributed by atoms with van der Waals surface area (Å²) in [5, 5.41) is 21.6. The third kappa shape index (κ3) is 37.8. The molecule has 0 radical (unpaired) electrons. The Labute approximate surface area is 309 Å². The molecule has 0 rings (SSSR count). The van der Waals surface area contributed by atoms with Crippen molar-refractivity contribution in [2.45, 2.75) is 218 Å². The van der Waals surface area contributed by atoms with Crippen LogP contribution in [0.25, 0.3) is 0 Å². The maximum absolute atomic E-state index is 12.9. The predicted octanol–water partition coefficient (Wildman–Crippen LogP) is 9.27. The fourth-order valence-corrected chi connectivity index (χ4v) is 6.80. The van der Waals surface area contributed by atoms with E-state index in [2.05, 4.69) is 28.2 Å². The topological polar surface area (TPSA) is 155 Å². The van der Waals surface area contributed by atoms with E-state index >= 15 is 0 Å². The van der Waals surface area contributed by atoms with Gasteiger partial charge in [0.2, 0.25) is 5.91 Å². The number of carboxylic acid groups (broad SMARTS) is 1. The van der Waals surface area contributed by atoms with Crippen LogP contribution in [0.1, 0.15) is 206 Å². The molecule has 2 unspecified atom stereocenters. The summed E-state index contributed by atoms with van der Waals surface area (Å²) in [4.78, 5) is 24.2. The highest BCUT2D eigenvalue weighted by molar-refractivity contribution is 5.77. The zero-order valence-corrected chi connectivity index (χ0v) is 33.0. The number of amides is 2. The van der Waals surface area contributed by atoms with E-state index in [0.29, 0.717) is 25.9 Å². The fourth-order valence-electron chi connectivity index (χ4n) is 6.80. The number of nitrogens with two attached hydrogens (primary N) is 2. The van der Waals surface area contributed by atoms with Crippen molar-refractivity contribution >= 4 is 12.0 Å². The lowest BCUT2D eigenvalue weighted by Crippen LogP contribution is -2.49. The molecule has 0 aromatic carbocycles. The number of carbonyl (C=O) groups excluding carboxylic acids is 1. The zero-order valence-electron chi connectivity index (χ0n) is 33.0. The van der Waals surface area contributed by atoms with Gasteiger partial charge in [-0.25, -0.2) is 4.79 Å². The molecular formula is C41H86N6O3. The molecule has 0 saturated heterocycles. The Morgan fingerprint density at radius 3 is 1.32 bits per heavy atom. The van der Waals surface area contributed by atoms with E-state index in [1.54, 1.807) is 0 Å². The Hall–Kier alpha value is -1.42. The van der Waals surface area contributed by atoms with Crippen LogP contribution in [0.4, 0.5) is 4.79 Å². The summed E-state index contributed by atoms with van der Waals surface area (Å²) in [5.41, 5.74) is 11.2. The van der Waals surface area contributed by atoms with Crippen molar-refractivity contribution in [3.8, 4) is 0 Å². The first kappa shape index (κ1) is 48.6. The fraction of sp³-hybridized carbons (Fsp3) is 0.951. The molecule has 2 atom stereocenters. The molecule has 50 heavy (non-hydrogen) atoms. The number of nitrogens with one attached hydrogen (secondary N) is 4. The minimum atomic E-state index is -1.10. The van der Waals surface area contributed by atoms with Crippen LogP contribution in [0.15, 0.2) is 0 Å². The normalized spacial score (nSPS) is 12.6. The lowest BCUT2D eigenvalue weighted by atomic mass is 10.0. The lowest BCUT2D eigenvalue weighted by molar-refractivity contribution is -0.122. The van der Waals surface area contributed by atoms with Gasteiger partial charge in [0.1, 0.15) is 6.17 Å². The van der Waals surface area contributed by atoms with Gasteiger partial charge in [-0.1, -0.05) is 161 Å². The molecule has 2 amide bonds. The van der Waals surface area contributed by atoms with Gasteiger partial charge in [-0.05, 0) is 71.2 Å². The molecule has 0 aromatic rings. The largest absolute Gasteiger partial charge is 0.465 e. The van der Waals surface area contributed by atoms with Crippen LogP contribution in [0.5, 0.6) is 0 Å². The molecule has 0 bridgehead atoms. The quantitative estimate of drug-likeness (QED) is 0.0246. The Bertz CT molecular complexity index is 714. The standard InChI is InChI=1S/C41H86N6O3/c1-2-3-4-5-6-7-8-9-10-11-12-13-14-15-16-17-18-19-20-21-22-23-24-25-26-31-39(47-41(49)50)46-40(48)37-38(45-36-29-33-43)30-27-34-44-35-28-32-42/h38-39,44-45,47H,2-37,42-43H2,1H3,(H,46,48)(H,49,50). The third-order valence-electron chi connectivity index (χ3n) is 9.94. The Kier molecular flexibility index (Phi) is 39.2. The summed E-state index contributed by atoms with van der Waals surface area (Å²) in [5.74, 6) is -0.121. The number of hydrogen-bond donors (Lipinski definition) is 7. The van der Waals surface area contributed by atoms with Gasteiger partial charge < -0.3 is 37.8 Å². The van der Waals surface area contributed by atoms with Crippen molar-refractivity contribution in [3.05, 3.63) is 0 Å². The number of unbranched alkanes of at least 4 members (excludes halogenated alkanes) is 24. The second-order valence-corrected chi connectivity index (χ2v) is 14.9. The highest BCUT2D eigenvalue weighted by Gasteiger charge is 2.18. The first-order chi connectivity index (χ1) is 24.5. The highest BCUT2D eigenvalue weighted by atomic mass is 16.4. The molecule has 9 nitrogen and oxygen atoms in total. The van der Waals surface area contributed by atoms with Gasteiger partial charge >= 0.3 is 6.09 Å². The SMILES string of the molecule is CCCCCCCCCCCCCCCCCCCCCCCCCCCC(NC(=O)O)NC(=O)CC(CCCNCCCN)NCCCN. The lowest BCUT2D eigenvalue weighted by Gasteiger charge is -2.22. The Balaban J connectivity index is 3.79. The van der Waals surface area contributed by atoms with Gasteiger partial charge in [-0.3, -0.25) is 4.79 Å². The molecule has 0 aromatic heterocycles. The molecule has 0 spiro atoms. The molecule has 0 aliphatic heterocycles. The predicted molar refractivity (Wildman–Crippen MR) is 215 cm³/mol. The van der Waals surface area contributed by atoms with Gasteiger partial charge in [-0.15, -0.1) is 0 Å². The maximum atomic E-state index is 12.9. The van der Waals surface area contributed by atoms with Crippen molar-refractivity contribution in [2.24, 2.45) is 11.5 Å². The molecule has 0 saturated carbocycles. The molecule has 9 heteroatoms. The molecular weight excluding hydrogens is 624 g/mol. The van der Waals surface area contributed by atoms with Crippen molar-refractivity contribution in [1.82, 2.24) is 21.3 Å². The van der Waals surface area contributed by atoms with E-state index in [1.807, 2.05) is 0 Å². The summed E-state index contributed by atoms with van der Waals surface area (Å²) in [7, 11) is 0. The van der Waals surface area contributed by atoms with E-state index in [4.69, 9.17) is 11.5 Å². The van der Waals surface area contributed by atoms with Gasteiger partial charge in [0.05, 0.1) is 0 Å². The van der Waals surface area contributed by atoms with Gasteiger partial charge in [0.25, 0.3) is 0 Å². The summed E-state index contributed by atoms with van der Waals surface area (Å²) in [6.45, 7) is 6.15. The molecule has 0 heterocycles. The number of hydrogen-bond acceptors (Lipinski definition) is 6. The Morgan fingerprint density at radius 1 is 0.500 bits per heavy atom. The van der Waals surface area contributed by atoms with Crippen molar-refractivity contribution in [1.29, 1.82) is 0 Å². The van der Waals surface area contributed by atoms with E-state index in [9.17, 15) is 14.7 Å². The van der Waals surface area contributed by atoms with E-state index in [1.165, 1.54) is 148 Å². The molecule has 0 fully saturated rings. The van der Waals surface area contributed by atoms with Crippen LogP contribution >= 0.6 is 0 Å². The zero-order chi connectivity index (χ0) is 36.6. The van der Waals surface area contributed by atoms with Crippen LogP contribution in [0.3, 0.4) is 0 Å². The van der Waals surface area contributed by atoms with E-state index < -0.39 is 12.3 Å². The third-order valence-corrected chi connectivity index (χ3v) is 9.94. The minimum absolute atomic E-state index is 0.0391. The van der Waals surface area contributed by atoms with Crippen LogP contribution in [0, 0.1) is 0 Å².